The summed E-state index contributed by atoms with van der Waals surface area (Å²) >= 11 is 0. The molecule has 1 aliphatic carbocycles. The van der Waals surface area contributed by atoms with Crippen LogP contribution >= 0.6 is 0 Å². The van der Waals surface area contributed by atoms with Crippen molar-refractivity contribution in [2.24, 2.45) is 5.92 Å². The van der Waals surface area contributed by atoms with Gasteiger partial charge in [-0.25, -0.2) is 4.39 Å². The smallest absolute Gasteiger partial charge is 0.224 e. The maximum absolute atomic E-state index is 13.8. The Morgan fingerprint density at radius 3 is 2.62 bits per heavy atom. The van der Waals surface area contributed by atoms with Crippen LogP contribution < -0.4 is 10.1 Å². The van der Waals surface area contributed by atoms with E-state index in [-0.39, 0.29) is 30.2 Å². The van der Waals surface area contributed by atoms with Crippen LogP contribution in [0.3, 0.4) is 0 Å². The summed E-state index contributed by atoms with van der Waals surface area (Å²) in [6.07, 6.45) is 0.632. The molecule has 24 heavy (non-hydrogen) atoms. The van der Waals surface area contributed by atoms with Crippen LogP contribution in [0, 0.1) is 11.7 Å². The average Bonchev–Trinajstić information content (AvgIpc) is 3.40. The zero-order valence-electron chi connectivity index (χ0n) is 13.4. The first-order chi connectivity index (χ1) is 11.6. The van der Waals surface area contributed by atoms with E-state index in [0.29, 0.717) is 17.7 Å². The third-order valence-corrected chi connectivity index (χ3v) is 4.45. The highest BCUT2D eigenvalue weighted by Crippen LogP contribution is 2.48. The van der Waals surface area contributed by atoms with Crippen LogP contribution in [0.4, 0.5) is 4.39 Å². The monoisotopic (exact) mass is 329 g/mol. The second-order valence-corrected chi connectivity index (χ2v) is 5.99. The van der Waals surface area contributed by atoms with Crippen molar-refractivity contribution in [3.05, 3.63) is 65.5 Å². The second kappa shape index (κ2) is 7.01. The molecule has 0 bridgehead atoms. The van der Waals surface area contributed by atoms with Crippen molar-refractivity contribution >= 4 is 5.91 Å². The highest BCUT2D eigenvalue weighted by Gasteiger charge is 2.45. The number of carbonyl (C=O) groups excluding carboxylic acids is 1. The molecule has 4 nitrogen and oxygen atoms in total. The summed E-state index contributed by atoms with van der Waals surface area (Å²) in [5.41, 5.74) is 1.39. The van der Waals surface area contributed by atoms with Gasteiger partial charge >= 0.3 is 0 Å². The number of rotatable bonds is 6. The minimum absolute atomic E-state index is 0.0820. The number of hydrogen-bond acceptors (Lipinski definition) is 3. The van der Waals surface area contributed by atoms with Gasteiger partial charge in [-0.05, 0) is 41.7 Å². The molecule has 126 valence electrons. The van der Waals surface area contributed by atoms with Gasteiger partial charge in [-0.3, -0.25) is 4.79 Å². The van der Waals surface area contributed by atoms with Gasteiger partial charge in [0.05, 0.1) is 19.8 Å². The number of hydrogen-bond donors (Lipinski definition) is 2. The van der Waals surface area contributed by atoms with Gasteiger partial charge < -0.3 is 15.2 Å². The number of aliphatic hydroxyl groups is 1. The Hall–Kier alpha value is -2.40. The molecule has 1 fully saturated rings. The Morgan fingerprint density at radius 1 is 1.29 bits per heavy atom. The van der Waals surface area contributed by atoms with E-state index < -0.39 is 6.04 Å². The molecule has 0 aromatic heterocycles. The Morgan fingerprint density at radius 2 is 2.00 bits per heavy atom. The summed E-state index contributed by atoms with van der Waals surface area (Å²) in [6.45, 7) is -0.199. The van der Waals surface area contributed by atoms with Crippen LogP contribution in [0.25, 0.3) is 0 Å². The third kappa shape index (κ3) is 3.41. The lowest BCUT2D eigenvalue weighted by atomic mass is 10.1. The van der Waals surface area contributed by atoms with Crippen LogP contribution in [-0.4, -0.2) is 24.7 Å². The van der Waals surface area contributed by atoms with Crippen LogP contribution in [0.15, 0.2) is 48.5 Å². The minimum atomic E-state index is -0.481. The Bertz CT molecular complexity index is 717. The molecule has 2 N–H and O–H groups in total. The van der Waals surface area contributed by atoms with Crippen molar-refractivity contribution in [2.75, 3.05) is 13.7 Å². The lowest BCUT2D eigenvalue weighted by molar-refractivity contribution is -0.123. The molecule has 0 spiro atoms. The van der Waals surface area contributed by atoms with E-state index >= 15 is 0 Å². The van der Waals surface area contributed by atoms with E-state index in [9.17, 15) is 14.3 Å². The number of benzene rings is 2. The van der Waals surface area contributed by atoms with Crippen molar-refractivity contribution in [3.8, 4) is 5.75 Å². The Balaban J connectivity index is 1.64. The van der Waals surface area contributed by atoms with Gasteiger partial charge in [0.1, 0.15) is 11.6 Å². The molecule has 0 unspecified atom stereocenters. The van der Waals surface area contributed by atoms with Gasteiger partial charge in [-0.1, -0.05) is 30.3 Å². The van der Waals surface area contributed by atoms with E-state index in [2.05, 4.69) is 5.32 Å². The second-order valence-electron chi connectivity index (χ2n) is 5.99. The topological polar surface area (TPSA) is 58.6 Å². The van der Waals surface area contributed by atoms with Gasteiger partial charge in [-0.2, -0.15) is 0 Å². The quantitative estimate of drug-likeness (QED) is 0.857. The van der Waals surface area contributed by atoms with E-state index in [1.807, 2.05) is 0 Å². The van der Waals surface area contributed by atoms with Crippen LogP contribution in [0.2, 0.25) is 0 Å². The number of ether oxygens (including phenoxy) is 1. The molecular formula is C19H20FNO3. The molecule has 2 aromatic rings. The highest BCUT2D eigenvalue weighted by molar-refractivity contribution is 5.83. The van der Waals surface area contributed by atoms with Crippen LogP contribution in [-0.2, 0) is 4.79 Å². The van der Waals surface area contributed by atoms with Gasteiger partial charge in [0.25, 0.3) is 0 Å². The molecule has 5 heteroatoms. The average molecular weight is 329 g/mol. The molecule has 0 heterocycles. The normalized spacial score (nSPS) is 20.3. The fraction of sp³-hybridized carbons (Fsp3) is 0.316. The number of nitrogens with one attached hydrogen (secondary N) is 1. The van der Waals surface area contributed by atoms with Gasteiger partial charge in [-0.15, -0.1) is 0 Å². The number of aliphatic hydroxyl groups excluding tert-OH is 1. The van der Waals surface area contributed by atoms with E-state index in [0.717, 1.165) is 5.56 Å². The number of amides is 1. The molecule has 0 radical (unpaired) electrons. The lowest BCUT2D eigenvalue weighted by Gasteiger charge is -2.17. The number of halogens is 1. The molecular weight excluding hydrogens is 309 g/mol. The Kier molecular flexibility index (Phi) is 4.81. The molecule has 3 rings (SSSR count). The van der Waals surface area contributed by atoms with Crippen molar-refractivity contribution in [2.45, 2.75) is 18.4 Å². The van der Waals surface area contributed by atoms with Crippen molar-refractivity contribution in [1.82, 2.24) is 5.32 Å². The fourth-order valence-electron chi connectivity index (χ4n) is 2.95. The minimum Gasteiger partial charge on any atom is -0.497 e. The first-order valence-corrected chi connectivity index (χ1v) is 7.93. The zero-order chi connectivity index (χ0) is 17.1. The summed E-state index contributed by atoms with van der Waals surface area (Å²) in [5.74, 6) is -0.0380. The molecule has 1 saturated carbocycles. The number of methoxy groups -OCH3 is 1. The Labute approximate surface area is 140 Å². The lowest BCUT2D eigenvalue weighted by Crippen LogP contribution is -2.32. The summed E-state index contributed by atoms with van der Waals surface area (Å²) in [6, 6.07) is 13.2. The maximum Gasteiger partial charge on any atom is 0.224 e. The van der Waals surface area contributed by atoms with Gasteiger partial charge in [0.15, 0.2) is 0 Å². The molecule has 1 aliphatic rings. The predicted octanol–water partition coefficient (Wildman–Crippen LogP) is 2.79. The first kappa shape index (κ1) is 16.5. The standard InChI is InChI=1S/C19H20FNO3/c1-24-13-8-6-12(7-9-13)18(11-22)21-19(23)16-10-15(16)14-4-2-3-5-17(14)20/h2-9,15-16,18,22H,10-11H2,1H3,(H,21,23)/t15-,16+,18+/m1/s1. The zero-order valence-corrected chi connectivity index (χ0v) is 13.4. The van der Waals surface area contributed by atoms with Crippen molar-refractivity contribution < 1.29 is 19.0 Å². The van der Waals surface area contributed by atoms with Crippen LogP contribution in [0.5, 0.6) is 5.75 Å². The molecule has 2 aromatic carbocycles. The molecule has 0 saturated heterocycles. The van der Waals surface area contributed by atoms with Gasteiger partial charge in [0, 0.05) is 5.92 Å². The molecule has 3 atom stereocenters. The van der Waals surface area contributed by atoms with Crippen LogP contribution in [0.1, 0.15) is 29.5 Å². The third-order valence-electron chi connectivity index (χ3n) is 4.45. The summed E-state index contributed by atoms with van der Waals surface area (Å²) < 4.78 is 18.9. The summed E-state index contributed by atoms with van der Waals surface area (Å²) in [7, 11) is 1.58. The van der Waals surface area contributed by atoms with E-state index in [4.69, 9.17) is 4.74 Å². The molecule has 0 aliphatic heterocycles. The van der Waals surface area contributed by atoms with E-state index in [1.165, 1.54) is 6.07 Å². The largest absolute Gasteiger partial charge is 0.497 e. The first-order valence-electron chi connectivity index (χ1n) is 7.93. The maximum atomic E-state index is 13.8. The van der Waals surface area contributed by atoms with Crippen molar-refractivity contribution in [3.63, 3.8) is 0 Å². The van der Waals surface area contributed by atoms with Crippen molar-refractivity contribution in [1.29, 1.82) is 0 Å². The summed E-state index contributed by atoms with van der Waals surface area (Å²) in [5, 5.41) is 12.4. The highest BCUT2D eigenvalue weighted by atomic mass is 19.1. The number of carbonyl (C=O) groups is 1. The predicted molar refractivity (Wildman–Crippen MR) is 88.2 cm³/mol. The van der Waals surface area contributed by atoms with E-state index in [1.54, 1.807) is 49.6 Å². The SMILES string of the molecule is COc1ccc([C@H](CO)NC(=O)[C@H]2C[C@@H]2c2ccccc2F)cc1. The molecule has 1 amide bonds. The van der Waals surface area contributed by atoms with Gasteiger partial charge in [0.2, 0.25) is 5.91 Å². The fourth-order valence-corrected chi connectivity index (χ4v) is 2.95. The summed E-state index contributed by atoms with van der Waals surface area (Å²) in [4.78, 5) is 12.4.